The second kappa shape index (κ2) is 3.61. The molecule has 0 aliphatic carbocycles. The van der Waals surface area contributed by atoms with Gasteiger partial charge in [0.25, 0.3) is 11.9 Å². The van der Waals surface area contributed by atoms with Crippen molar-refractivity contribution < 1.29 is 4.39 Å². The van der Waals surface area contributed by atoms with Crippen molar-refractivity contribution in [2.45, 2.75) is 4.90 Å². The van der Waals surface area contributed by atoms with Crippen LogP contribution in [0.2, 0.25) is 5.02 Å². The van der Waals surface area contributed by atoms with Crippen LogP contribution in [0.15, 0.2) is 23.1 Å². The van der Waals surface area contributed by atoms with Gasteiger partial charge in [0.2, 0.25) is 0 Å². The molecule has 0 N–H and O–H groups in total. The van der Waals surface area contributed by atoms with Crippen molar-refractivity contribution in [3.8, 4) is 0 Å². The molecular formula is C7H3ClFNS. The number of halogens is 2. The summed E-state index contributed by atoms with van der Waals surface area (Å²) in [5.41, 5.74) is 0. The van der Waals surface area contributed by atoms with Gasteiger partial charge < -0.3 is 0 Å². The van der Waals surface area contributed by atoms with Crippen LogP contribution in [0, 0.1) is 12.4 Å². The van der Waals surface area contributed by atoms with Crippen LogP contribution in [0.25, 0.3) is 4.25 Å². The van der Waals surface area contributed by atoms with Crippen molar-refractivity contribution in [2.24, 2.45) is 0 Å². The van der Waals surface area contributed by atoms with Gasteiger partial charge in [-0.3, -0.25) is 0 Å². The normalized spacial score (nSPS) is 9.18. The van der Waals surface area contributed by atoms with Crippen molar-refractivity contribution >= 4 is 23.5 Å². The maximum Gasteiger partial charge on any atom is 0.294 e. The van der Waals surface area contributed by atoms with Crippen LogP contribution in [0.3, 0.4) is 0 Å². The van der Waals surface area contributed by atoms with E-state index in [1.54, 1.807) is 6.07 Å². The molecule has 4 heteroatoms. The maximum absolute atomic E-state index is 12.7. The van der Waals surface area contributed by atoms with Gasteiger partial charge in [-0.05, 0) is 18.2 Å². The smallest absolute Gasteiger partial charge is 0.223 e. The summed E-state index contributed by atoms with van der Waals surface area (Å²) in [7, 11) is 0. The minimum atomic E-state index is -0.486. The fourth-order valence-corrected chi connectivity index (χ4v) is 1.09. The van der Waals surface area contributed by atoms with Gasteiger partial charge in [0.1, 0.15) is 5.82 Å². The van der Waals surface area contributed by atoms with Crippen LogP contribution in [0.1, 0.15) is 0 Å². The first kappa shape index (κ1) is 8.38. The molecule has 0 fully saturated rings. The largest absolute Gasteiger partial charge is 0.294 e. The van der Waals surface area contributed by atoms with Gasteiger partial charge in [-0.1, -0.05) is 11.6 Å². The van der Waals surface area contributed by atoms with Crippen molar-refractivity contribution in [1.82, 2.24) is 0 Å². The summed E-state index contributed by atoms with van der Waals surface area (Å²) < 4.78 is 15.7. The molecule has 1 aromatic carbocycles. The molecule has 0 radical (unpaired) electrons. The molecule has 0 aromatic heterocycles. The summed E-state index contributed by atoms with van der Waals surface area (Å²) in [4.78, 5) is 0.571. The van der Waals surface area contributed by atoms with Crippen LogP contribution in [0.5, 0.6) is 0 Å². The van der Waals surface area contributed by atoms with E-state index >= 15 is 0 Å². The van der Waals surface area contributed by atoms with E-state index in [1.807, 2.05) is 0 Å². The van der Waals surface area contributed by atoms with Gasteiger partial charge in [-0.25, -0.2) is 15.2 Å². The number of rotatable bonds is 1. The summed E-state index contributed by atoms with van der Waals surface area (Å²) in [6, 6.07) is 4.28. The van der Waals surface area contributed by atoms with Crippen LogP contribution in [0.4, 0.5) is 4.39 Å². The third kappa shape index (κ3) is 2.11. The molecule has 0 bridgehead atoms. The van der Waals surface area contributed by atoms with Gasteiger partial charge in [0, 0.05) is 0 Å². The lowest BCUT2D eigenvalue weighted by molar-refractivity contribution is 0.625. The Bertz CT molecular complexity index is 308. The Morgan fingerprint density at radius 3 is 2.82 bits per heavy atom. The molecule has 1 aromatic rings. The minimum absolute atomic E-state index is 0.0827. The Kier molecular flexibility index (Phi) is 2.75. The SMILES string of the molecule is [C-]#[N+]Sc1ccc(Cl)c(F)c1. The van der Waals surface area contributed by atoms with E-state index in [-0.39, 0.29) is 5.02 Å². The Labute approximate surface area is 73.1 Å². The molecule has 0 aliphatic heterocycles. The third-order valence-electron chi connectivity index (χ3n) is 1.04. The zero-order chi connectivity index (χ0) is 8.27. The lowest BCUT2D eigenvalue weighted by Gasteiger charge is -1.92. The second-order valence-electron chi connectivity index (χ2n) is 1.76. The molecule has 11 heavy (non-hydrogen) atoms. The minimum Gasteiger partial charge on any atom is -0.223 e. The van der Waals surface area contributed by atoms with Crippen LogP contribution in [-0.4, -0.2) is 0 Å². The average molecular weight is 188 g/mol. The summed E-state index contributed by atoms with van der Waals surface area (Å²) >= 11 is 6.31. The average Bonchev–Trinajstić information content (AvgIpc) is 1.98. The lowest BCUT2D eigenvalue weighted by Crippen LogP contribution is -1.75. The molecule has 0 aliphatic rings. The van der Waals surface area contributed by atoms with E-state index in [4.69, 9.17) is 18.2 Å². The molecule has 0 saturated carbocycles. The van der Waals surface area contributed by atoms with E-state index in [1.165, 1.54) is 12.1 Å². The number of hydrogen-bond donors (Lipinski definition) is 0. The van der Waals surface area contributed by atoms with Crippen LogP contribution < -0.4 is 0 Å². The van der Waals surface area contributed by atoms with Crippen LogP contribution in [-0.2, 0) is 0 Å². The molecular weight excluding hydrogens is 185 g/mol. The summed E-state index contributed by atoms with van der Waals surface area (Å²) in [6.07, 6.45) is 0. The number of benzene rings is 1. The topological polar surface area (TPSA) is 4.36 Å². The highest BCUT2D eigenvalue weighted by Crippen LogP contribution is 2.23. The van der Waals surface area contributed by atoms with Crippen molar-refractivity contribution in [2.75, 3.05) is 0 Å². The first-order valence-electron chi connectivity index (χ1n) is 2.73. The van der Waals surface area contributed by atoms with E-state index in [0.717, 1.165) is 11.9 Å². The monoisotopic (exact) mass is 187 g/mol. The Balaban J connectivity index is 2.98. The zero-order valence-corrected chi connectivity index (χ0v) is 6.92. The van der Waals surface area contributed by atoms with Crippen molar-refractivity contribution in [3.63, 3.8) is 0 Å². The first-order chi connectivity index (χ1) is 5.24. The molecule has 0 amide bonds. The third-order valence-corrected chi connectivity index (χ3v) is 1.90. The molecule has 56 valence electrons. The van der Waals surface area contributed by atoms with Gasteiger partial charge >= 0.3 is 0 Å². The lowest BCUT2D eigenvalue weighted by atomic mass is 10.3. The van der Waals surface area contributed by atoms with Gasteiger partial charge in [0.05, 0.1) is 9.92 Å². The predicted octanol–water partition coefficient (Wildman–Crippen LogP) is 3.41. The summed E-state index contributed by atoms with van der Waals surface area (Å²) in [5.74, 6) is -0.486. The van der Waals surface area contributed by atoms with Gasteiger partial charge in [0.15, 0.2) is 0 Å². The molecule has 0 atom stereocenters. The zero-order valence-electron chi connectivity index (χ0n) is 5.34. The van der Waals surface area contributed by atoms with E-state index in [0.29, 0.717) is 4.90 Å². The Morgan fingerprint density at radius 1 is 1.55 bits per heavy atom. The van der Waals surface area contributed by atoms with Gasteiger partial charge in [-0.15, -0.1) is 0 Å². The highest BCUT2D eigenvalue weighted by atomic mass is 35.5. The van der Waals surface area contributed by atoms with Crippen LogP contribution >= 0.6 is 23.5 Å². The standard InChI is InChI=1S/C7H3ClFNS/c1-10-11-5-2-3-6(8)7(9)4-5/h2-4H. The van der Waals surface area contributed by atoms with E-state index < -0.39 is 5.82 Å². The molecule has 0 spiro atoms. The second-order valence-corrected chi connectivity index (χ2v) is 3.00. The molecule has 0 heterocycles. The first-order valence-corrected chi connectivity index (χ1v) is 3.88. The van der Waals surface area contributed by atoms with Crippen molar-refractivity contribution in [1.29, 1.82) is 0 Å². The predicted molar refractivity (Wildman–Crippen MR) is 43.9 cm³/mol. The fourth-order valence-electron chi connectivity index (χ4n) is 0.586. The Hall–Kier alpha value is -0.720. The quantitative estimate of drug-likeness (QED) is 0.482. The summed E-state index contributed by atoms with van der Waals surface area (Å²) in [6.45, 7) is 6.50. The van der Waals surface area contributed by atoms with Gasteiger partial charge in [-0.2, -0.15) is 0 Å². The highest BCUT2D eigenvalue weighted by molar-refractivity contribution is 8.01. The number of hydrogen-bond acceptors (Lipinski definition) is 1. The van der Waals surface area contributed by atoms with Crippen molar-refractivity contribution in [3.05, 3.63) is 39.9 Å². The van der Waals surface area contributed by atoms with E-state index in [2.05, 4.69) is 4.25 Å². The fraction of sp³-hybridized carbons (Fsp3) is 0. The molecule has 0 saturated heterocycles. The maximum atomic E-state index is 12.7. The molecule has 1 rings (SSSR count). The highest BCUT2D eigenvalue weighted by Gasteiger charge is 2.03. The Morgan fingerprint density at radius 2 is 2.27 bits per heavy atom. The molecule has 1 nitrogen and oxygen atoms in total. The molecule has 0 unspecified atom stereocenters. The van der Waals surface area contributed by atoms with E-state index in [9.17, 15) is 4.39 Å². The summed E-state index contributed by atoms with van der Waals surface area (Å²) in [5, 5.41) is 0.0827. The number of nitrogens with zero attached hydrogens (tertiary/aromatic N) is 1.